The van der Waals surface area contributed by atoms with Crippen LogP contribution in [0.25, 0.3) is 6.08 Å². The summed E-state index contributed by atoms with van der Waals surface area (Å²) in [6, 6.07) is 8.34. The number of carbonyl (C=O) groups is 1. The molecule has 1 aromatic carbocycles. The van der Waals surface area contributed by atoms with Gasteiger partial charge in [-0.25, -0.2) is 17.7 Å². The van der Waals surface area contributed by atoms with Crippen LogP contribution in [0.4, 0.5) is 0 Å². The molecular formula is C28H36N4O3S. The molecule has 1 spiro atoms. The van der Waals surface area contributed by atoms with Gasteiger partial charge in [-0.2, -0.15) is 0 Å². The summed E-state index contributed by atoms with van der Waals surface area (Å²) in [4.78, 5) is 19.9. The fourth-order valence-corrected chi connectivity index (χ4v) is 10.2. The lowest BCUT2D eigenvalue weighted by Gasteiger charge is -2.45. The Morgan fingerprint density at radius 2 is 1.97 bits per heavy atom. The van der Waals surface area contributed by atoms with Gasteiger partial charge in [-0.1, -0.05) is 50.3 Å². The predicted molar refractivity (Wildman–Crippen MR) is 140 cm³/mol. The molecule has 1 amide bonds. The van der Waals surface area contributed by atoms with Crippen molar-refractivity contribution >= 4 is 22.0 Å². The third kappa shape index (κ3) is 3.59. The number of nitrogens with zero attached hydrogens (tertiary/aromatic N) is 2. The Balaban J connectivity index is 1.19. The van der Waals surface area contributed by atoms with Crippen molar-refractivity contribution in [2.75, 3.05) is 18.8 Å². The van der Waals surface area contributed by atoms with Crippen LogP contribution < -0.4 is 5.32 Å². The van der Waals surface area contributed by atoms with E-state index in [1.54, 1.807) is 16.8 Å². The lowest BCUT2D eigenvalue weighted by Crippen LogP contribution is -2.55. The number of allylic oxidation sites excluding steroid dienone is 1. The van der Waals surface area contributed by atoms with Crippen LogP contribution in [0.2, 0.25) is 0 Å². The SMILES string of the molecule is CC1(C)[C@H]2CC[C@]1(CS(=O)(=O)N1CCC3(C=Cc4ccccc43)CC1)[C@@H](NC(=O)Cc1cnc[nH]1)C2. The highest BCUT2D eigenvalue weighted by Gasteiger charge is 2.66. The van der Waals surface area contributed by atoms with Crippen molar-refractivity contribution in [1.29, 1.82) is 0 Å². The van der Waals surface area contributed by atoms with E-state index in [9.17, 15) is 13.2 Å². The number of nitrogens with one attached hydrogen (secondary N) is 2. The van der Waals surface area contributed by atoms with Crippen molar-refractivity contribution in [3.8, 4) is 0 Å². The van der Waals surface area contributed by atoms with Gasteiger partial charge in [0.25, 0.3) is 0 Å². The summed E-state index contributed by atoms with van der Waals surface area (Å²) in [6.45, 7) is 5.51. The molecule has 7 nitrogen and oxygen atoms in total. The molecule has 1 aliphatic heterocycles. The highest BCUT2D eigenvalue weighted by molar-refractivity contribution is 7.89. The lowest BCUT2D eigenvalue weighted by molar-refractivity contribution is -0.122. The molecule has 1 saturated heterocycles. The average molecular weight is 509 g/mol. The standard InChI is InChI=1S/C28H36N4O3S/c1-26(2)21-8-10-28(26,24(15-21)31-25(33)16-22-17-29-19-30-22)18-36(34,35)32-13-11-27(12-14-32)9-7-20-5-3-4-6-23(20)27/h3-7,9,17,19,21,24H,8,10-16,18H2,1-2H3,(H,29,30)(H,31,33)/t21-,24-,28-/m0/s1. The van der Waals surface area contributed by atoms with E-state index in [0.717, 1.165) is 37.8 Å². The van der Waals surface area contributed by atoms with Crippen molar-refractivity contribution in [2.24, 2.45) is 16.7 Å². The highest BCUT2D eigenvalue weighted by Crippen LogP contribution is 2.66. The largest absolute Gasteiger partial charge is 0.352 e. The smallest absolute Gasteiger partial charge is 0.226 e. The van der Waals surface area contributed by atoms with Gasteiger partial charge >= 0.3 is 0 Å². The first kappa shape index (κ1) is 23.9. The Morgan fingerprint density at radius 3 is 2.69 bits per heavy atom. The Bertz CT molecular complexity index is 1290. The van der Waals surface area contributed by atoms with E-state index in [2.05, 4.69) is 65.5 Å². The first-order chi connectivity index (χ1) is 17.2. The van der Waals surface area contributed by atoms with Crippen molar-refractivity contribution < 1.29 is 13.2 Å². The van der Waals surface area contributed by atoms with Crippen molar-refractivity contribution in [2.45, 2.75) is 63.8 Å². The summed E-state index contributed by atoms with van der Waals surface area (Å²) >= 11 is 0. The molecule has 3 fully saturated rings. The monoisotopic (exact) mass is 508 g/mol. The summed E-state index contributed by atoms with van der Waals surface area (Å²) in [6.07, 6.45) is 12.3. The van der Waals surface area contributed by atoms with E-state index in [1.165, 1.54) is 11.1 Å². The number of amides is 1. The topological polar surface area (TPSA) is 95.2 Å². The van der Waals surface area contributed by atoms with Crippen molar-refractivity contribution in [3.05, 3.63) is 59.7 Å². The van der Waals surface area contributed by atoms with Crippen LogP contribution >= 0.6 is 0 Å². The number of imidazole rings is 1. The van der Waals surface area contributed by atoms with Gasteiger partial charge in [-0.05, 0) is 54.6 Å². The first-order valence-electron chi connectivity index (χ1n) is 13.2. The van der Waals surface area contributed by atoms with Crippen LogP contribution in [0.1, 0.15) is 62.8 Å². The Morgan fingerprint density at radius 1 is 1.19 bits per heavy atom. The summed E-state index contributed by atoms with van der Waals surface area (Å²) in [5.74, 6) is 0.462. The summed E-state index contributed by atoms with van der Waals surface area (Å²) in [5, 5.41) is 3.24. The number of hydrogen-bond donors (Lipinski definition) is 2. The van der Waals surface area contributed by atoms with Gasteiger partial charge in [0.1, 0.15) is 0 Å². The molecule has 0 radical (unpaired) electrons. The Labute approximate surface area is 213 Å². The van der Waals surface area contributed by atoms with E-state index in [1.807, 2.05) is 0 Å². The Kier molecular flexibility index (Phi) is 5.50. The van der Waals surface area contributed by atoms with E-state index >= 15 is 0 Å². The van der Waals surface area contributed by atoms with E-state index in [4.69, 9.17) is 0 Å². The number of piperidine rings is 1. The number of H-pyrrole nitrogens is 1. The van der Waals surface area contributed by atoms with Crippen LogP contribution in [0.15, 0.2) is 42.9 Å². The van der Waals surface area contributed by atoms with Crippen LogP contribution in [0, 0.1) is 16.7 Å². The van der Waals surface area contributed by atoms with Gasteiger partial charge in [0.2, 0.25) is 15.9 Å². The number of benzene rings is 1. The zero-order valence-electron chi connectivity index (χ0n) is 21.2. The highest BCUT2D eigenvalue weighted by atomic mass is 32.2. The maximum absolute atomic E-state index is 13.9. The summed E-state index contributed by atoms with van der Waals surface area (Å²) in [7, 11) is -3.48. The van der Waals surface area contributed by atoms with Gasteiger partial charge in [-0.15, -0.1) is 0 Å². The molecule has 8 heteroatoms. The normalized spacial score (nSPS) is 30.1. The predicted octanol–water partition coefficient (Wildman–Crippen LogP) is 3.65. The lowest BCUT2D eigenvalue weighted by atomic mass is 9.69. The second-order valence-corrected chi connectivity index (χ2v) is 13.9. The van der Waals surface area contributed by atoms with Crippen LogP contribution in [-0.2, 0) is 26.7 Å². The van der Waals surface area contributed by atoms with Gasteiger partial charge < -0.3 is 10.3 Å². The molecule has 6 rings (SSSR count). The maximum atomic E-state index is 13.9. The average Bonchev–Trinajstić information content (AvgIpc) is 3.57. The molecule has 2 aromatic rings. The molecule has 4 aliphatic rings. The minimum atomic E-state index is -3.48. The zero-order valence-corrected chi connectivity index (χ0v) is 22.0. The number of aromatic nitrogens is 2. The van der Waals surface area contributed by atoms with Crippen molar-refractivity contribution in [3.63, 3.8) is 0 Å². The third-order valence-electron chi connectivity index (χ3n) is 10.2. The summed E-state index contributed by atoms with van der Waals surface area (Å²) in [5.41, 5.74) is 2.71. The number of rotatable bonds is 6. The van der Waals surface area contributed by atoms with Gasteiger partial charge in [0.15, 0.2) is 0 Å². The van der Waals surface area contributed by atoms with Gasteiger partial charge in [0.05, 0.1) is 18.5 Å². The van der Waals surface area contributed by atoms with Gasteiger partial charge in [0, 0.05) is 41.9 Å². The van der Waals surface area contributed by atoms with Crippen LogP contribution in [0.5, 0.6) is 0 Å². The van der Waals surface area contributed by atoms with Crippen molar-refractivity contribution in [1.82, 2.24) is 19.6 Å². The molecule has 2 bridgehead atoms. The maximum Gasteiger partial charge on any atom is 0.226 e. The molecular weight excluding hydrogens is 472 g/mol. The fraction of sp³-hybridized carbons (Fsp3) is 0.571. The Hall–Kier alpha value is -2.45. The van der Waals surface area contributed by atoms with E-state index in [-0.39, 0.29) is 35.0 Å². The molecule has 36 heavy (non-hydrogen) atoms. The number of carbonyl (C=O) groups excluding carboxylic acids is 1. The van der Waals surface area contributed by atoms with E-state index in [0.29, 0.717) is 19.0 Å². The minimum Gasteiger partial charge on any atom is -0.352 e. The number of sulfonamides is 1. The quantitative estimate of drug-likeness (QED) is 0.623. The van der Waals surface area contributed by atoms with Gasteiger partial charge in [-0.3, -0.25) is 4.79 Å². The molecule has 0 unspecified atom stereocenters. The zero-order chi connectivity index (χ0) is 25.2. The minimum absolute atomic E-state index is 0.0465. The second kappa shape index (κ2) is 8.28. The number of aromatic amines is 1. The molecule has 192 valence electrons. The first-order valence-corrected chi connectivity index (χ1v) is 14.8. The second-order valence-electron chi connectivity index (χ2n) is 12.0. The molecule has 2 heterocycles. The van der Waals surface area contributed by atoms with Crippen LogP contribution in [-0.4, -0.2) is 53.5 Å². The molecule has 1 aromatic heterocycles. The molecule has 2 N–H and O–H groups in total. The third-order valence-corrected chi connectivity index (χ3v) is 12.2. The molecule has 3 aliphatic carbocycles. The molecule has 2 saturated carbocycles. The fourth-order valence-electron chi connectivity index (χ4n) is 7.87. The van der Waals surface area contributed by atoms with Crippen LogP contribution in [0.3, 0.4) is 0 Å². The van der Waals surface area contributed by atoms with E-state index < -0.39 is 15.4 Å². The molecule has 3 atom stereocenters. The number of fused-ring (bicyclic) bond motifs is 4. The summed E-state index contributed by atoms with van der Waals surface area (Å²) < 4.78 is 29.6. The number of hydrogen-bond acceptors (Lipinski definition) is 4.